The maximum Gasteiger partial charge on any atom is 0.270 e. The Labute approximate surface area is 147 Å². The topological polar surface area (TPSA) is 64.1 Å². The van der Waals surface area contributed by atoms with Crippen LogP contribution in [0.1, 0.15) is 35.8 Å². The number of hydrogen-bond acceptors (Lipinski definition) is 4. The van der Waals surface area contributed by atoms with Crippen LogP contribution in [0.15, 0.2) is 54.7 Å². The van der Waals surface area contributed by atoms with E-state index in [4.69, 9.17) is 4.74 Å². The van der Waals surface area contributed by atoms with Gasteiger partial charge >= 0.3 is 0 Å². The molecule has 0 bridgehead atoms. The zero-order valence-corrected chi connectivity index (χ0v) is 14.2. The Morgan fingerprint density at radius 2 is 2.04 bits per heavy atom. The van der Waals surface area contributed by atoms with E-state index in [-0.39, 0.29) is 5.91 Å². The Morgan fingerprint density at radius 1 is 1.12 bits per heavy atom. The summed E-state index contributed by atoms with van der Waals surface area (Å²) in [6.07, 6.45) is 3.84. The zero-order valence-electron chi connectivity index (χ0n) is 14.2. The Balaban J connectivity index is 1.62. The quantitative estimate of drug-likeness (QED) is 0.668. The molecule has 3 aromatic rings. The van der Waals surface area contributed by atoms with Crippen molar-refractivity contribution in [2.24, 2.45) is 0 Å². The number of benzene rings is 1. The Bertz CT molecular complexity index is 864. The number of pyridine rings is 2. The van der Waals surface area contributed by atoms with E-state index >= 15 is 0 Å². The maximum atomic E-state index is 12.3. The largest absolute Gasteiger partial charge is 0.494 e. The molecule has 2 aromatic heterocycles. The van der Waals surface area contributed by atoms with Crippen molar-refractivity contribution in [3.05, 3.63) is 66.0 Å². The summed E-state index contributed by atoms with van der Waals surface area (Å²) in [5, 5.41) is 2.90. The van der Waals surface area contributed by atoms with Crippen molar-refractivity contribution in [3.63, 3.8) is 0 Å². The molecule has 1 amide bonds. The van der Waals surface area contributed by atoms with Gasteiger partial charge in [-0.15, -0.1) is 0 Å². The van der Waals surface area contributed by atoms with E-state index < -0.39 is 0 Å². The van der Waals surface area contributed by atoms with Crippen LogP contribution in [0.4, 0.5) is 0 Å². The van der Waals surface area contributed by atoms with Crippen LogP contribution in [0.25, 0.3) is 11.0 Å². The third kappa shape index (κ3) is 4.53. The fourth-order valence-electron chi connectivity index (χ4n) is 2.44. The van der Waals surface area contributed by atoms with E-state index in [0.717, 1.165) is 29.7 Å². The molecule has 128 valence electrons. The van der Waals surface area contributed by atoms with Crippen molar-refractivity contribution in [2.75, 3.05) is 6.61 Å². The van der Waals surface area contributed by atoms with Gasteiger partial charge < -0.3 is 10.1 Å². The summed E-state index contributed by atoms with van der Waals surface area (Å²) in [5.74, 6) is 0.623. The number of carbonyl (C=O) groups excluding carboxylic acids is 1. The number of aromatic nitrogens is 2. The number of rotatable bonds is 7. The molecule has 25 heavy (non-hydrogen) atoms. The van der Waals surface area contributed by atoms with Gasteiger partial charge in [0.05, 0.1) is 17.6 Å². The minimum absolute atomic E-state index is 0.206. The highest BCUT2D eigenvalue weighted by Gasteiger charge is 2.08. The van der Waals surface area contributed by atoms with Gasteiger partial charge in [0, 0.05) is 12.7 Å². The van der Waals surface area contributed by atoms with E-state index in [1.54, 1.807) is 24.4 Å². The number of unbranched alkanes of at least 4 members (excludes halogenated alkanes) is 1. The molecule has 0 spiro atoms. The van der Waals surface area contributed by atoms with Crippen LogP contribution >= 0.6 is 0 Å². The molecule has 0 unspecified atom stereocenters. The van der Waals surface area contributed by atoms with E-state index in [0.29, 0.717) is 24.4 Å². The fourth-order valence-corrected chi connectivity index (χ4v) is 2.44. The Morgan fingerprint density at radius 3 is 2.92 bits per heavy atom. The lowest BCUT2D eigenvalue weighted by Gasteiger charge is -2.09. The zero-order chi connectivity index (χ0) is 17.5. The predicted molar refractivity (Wildman–Crippen MR) is 97.6 cm³/mol. The molecular formula is C20H21N3O2. The first-order valence-corrected chi connectivity index (χ1v) is 8.48. The van der Waals surface area contributed by atoms with Crippen LogP contribution in [-0.4, -0.2) is 22.5 Å². The summed E-state index contributed by atoms with van der Waals surface area (Å²) in [5.41, 5.74) is 2.86. The lowest BCUT2D eigenvalue weighted by molar-refractivity contribution is 0.0946. The number of fused-ring (bicyclic) bond motifs is 1. The minimum Gasteiger partial charge on any atom is -0.494 e. The number of nitrogens with zero attached hydrogens (tertiary/aromatic N) is 2. The molecule has 0 saturated heterocycles. The Hall–Kier alpha value is -2.95. The number of amides is 1. The first-order chi connectivity index (χ1) is 12.3. The van der Waals surface area contributed by atoms with E-state index in [1.807, 2.05) is 30.3 Å². The molecule has 0 atom stereocenters. The third-order valence-electron chi connectivity index (χ3n) is 3.81. The average Bonchev–Trinajstić information content (AvgIpc) is 2.66. The molecule has 0 saturated carbocycles. The van der Waals surface area contributed by atoms with Crippen molar-refractivity contribution in [3.8, 4) is 5.75 Å². The summed E-state index contributed by atoms with van der Waals surface area (Å²) >= 11 is 0. The molecule has 3 rings (SSSR count). The van der Waals surface area contributed by atoms with Crippen molar-refractivity contribution in [1.29, 1.82) is 0 Å². The number of ether oxygens (including phenoxy) is 1. The van der Waals surface area contributed by atoms with E-state index in [1.165, 1.54) is 0 Å². The highest BCUT2D eigenvalue weighted by Crippen LogP contribution is 2.14. The smallest absolute Gasteiger partial charge is 0.270 e. The van der Waals surface area contributed by atoms with Gasteiger partial charge in [-0.05, 0) is 48.4 Å². The SMILES string of the molecule is CCCCOc1cccc(CNC(=O)c2ccc3ncccc3n2)c1. The lowest BCUT2D eigenvalue weighted by Crippen LogP contribution is -2.23. The molecule has 0 fully saturated rings. The summed E-state index contributed by atoms with van der Waals surface area (Å²) in [6.45, 7) is 3.27. The van der Waals surface area contributed by atoms with Gasteiger partial charge in [-0.1, -0.05) is 25.5 Å². The normalized spacial score (nSPS) is 10.6. The molecule has 1 aromatic carbocycles. The molecule has 0 aliphatic heterocycles. The second-order valence-corrected chi connectivity index (χ2v) is 5.77. The summed E-state index contributed by atoms with van der Waals surface area (Å²) in [7, 11) is 0. The first kappa shape index (κ1) is 16.9. The molecule has 0 aliphatic carbocycles. The van der Waals surface area contributed by atoms with Crippen molar-refractivity contribution < 1.29 is 9.53 Å². The third-order valence-corrected chi connectivity index (χ3v) is 3.81. The fraction of sp³-hybridized carbons (Fsp3) is 0.250. The van der Waals surface area contributed by atoms with Gasteiger partial charge in [-0.3, -0.25) is 9.78 Å². The second-order valence-electron chi connectivity index (χ2n) is 5.77. The second kappa shape index (κ2) is 8.24. The first-order valence-electron chi connectivity index (χ1n) is 8.48. The number of nitrogens with one attached hydrogen (secondary N) is 1. The Kier molecular flexibility index (Phi) is 5.57. The predicted octanol–water partition coefficient (Wildman–Crippen LogP) is 3.74. The van der Waals surface area contributed by atoms with Gasteiger partial charge in [0.1, 0.15) is 11.4 Å². The van der Waals surface area contributed by atoms with E-state index in [2.05, 4.69) is 22.2 Å². The van der Waals surface area contributed by atoms with E-state index in [9.17, 15) is 4.79 Å². The molecule has 0 radical (unpaired) electrons. The van der Waals surface area contributed by atoms with Gasteiger partial charge in [-0.2, -0.15) is 0 Å². The number of hydrogen-bond donors (Lipinski definition) is 1. The van der Waals surface area contributed by atoms with Crippen LogP contribution in [0.2, 0.25) is 0 Å². The van der Waals surface area contributed by atoms with Gasteiger partial charge in [0.2, 0.25) is 0 Å². The van der Waals surface area contributed by atoms with Crippen LogP contribution in [0.3, 0.4) is 0 Å². The van der Waals surface area contributed by atoms with Crippen molar-refractivity contribution >= 4 is 16.9 Å². The highest BCUT2D eigenvalue weighted by molar-refractivity contribution is 5.94. The molecule has 0 aliphatic rings. The summed E-state index contributed by atoms with van der Waals surface area (Å²) in [6, 6.07) is 14.9. The van der Waals surface area contributed by atoms with Crippen LogP contribution in [0, 0.1) is 0 Å². The molecule has 1 N–H and O–H groups in total. The van der Waals surface area contributed by atoms with Crippen LogP contribution < -0.4 is 10.1 Å². The van der Waals surface area contributed by atoms with Crippen molar-refractivity contribution in [2.45, 2.75) is 26.3 Å². The lowest BCUT2D eigenvalue weighted by atomic mass is 10.2. The summed E-state index contributed by atoms with van der Waals surface area (Å²) < 4.78 is 5.69. The molecule has 5 heteroatoms. The maximum absolute atomic E-state index is 12.3. The molecule has 5 nitrogen and oxygen atoms in total. The van der Waals surface area contributed by atoms with Crippen LogP contribution in [-0.2, 0) is 6.54 Å². The average molecular weight is 335 g/mol. The standard InChI is InChI=1S/C20H21N3O2/c1-2-3-12-25-16-7-4-6-15(13-16)14-22-20(24)19-10-9-17-18(23-19)8-5-11-21-17/h4-11,13H,2-3,12,14H2,1H3,(H,22,24). The summed E-state index contributed by atoms with van der Waals surface area (Å²) in [4.78, 5) is 20.9. The van der Waals surface area contributed by atoms with Gasteiger partial charge in [0.15, 0.2) is 0 Å². The van der Waals surface area contributed by atoms with Crippen molar-refractivity contribution in [1.82, 2.24) is 15.3 Å². The van der Waals surface area contributed by atoms with Gasteiger partial charge in [-0.25, -0.2) is 4.98 Å². The van der Waals surface area contributed by atoms with Crippen LogP contribution in [0.5, 0.6) is 5.75 Å². The minimum atomic E-state index is -0.206. The monoisotopic (exact) mass is 335 g/mol. The molecule has 2 heterocycles. The number of carbonyl (C=O) groups is 1. The van der Waals surface area contributed by atoms with Gasteiger partial charge in [0.25, 0.3) is 5.91 Å². The highest BCUT2D eigenvalue weighted by atomic mass is 16.5. The molecular weight excluding hydrogens is 314 g/mol.